The predicted octanol–water partition coefficient (Wildman–Crippen LogP) is 2.38. The van der Waals surface area contributed by atoms with E-state index in [1.54, 1.807) is 25.3 Å². The molecule has 0 aliphatic rings. The second-order valence-electron chi connectivity index (χ2n) is 4.21. The minimum Gasteiger partial charge on any atom is -0.396 e. The second kappa shape index (κ2) is 7.99. The number of carbonyl (C=O) groups is 1. The summed E-state index contributed by atoms with van der Waals surface area (Å²) in [6.45, 7) is 2.18. The first-order valence-corrected chi connectivity index (χ1v) is 6.41. The van der Waals surface area contributed by atoms with E-state index >= 15 is 0 Å². The fourth-order valence-electron chi connectivity index (χ4n) is 1.61. The molecule has 1 atom stereocenters. The lowest BCUT2D eigenvalue weighted by Crippen LogP contribution is -2.36. The van der Waals surface area contributed by atoms with E-state index in [-0.39, 0.29) is 18.7 Å². The maximum atomic E-state index is 11.8. The van der Waals surface area contributed by atoms with Crippen LogP contribution in [0.15, 0.2) is 18.2 Å². The molecule has 1 rings (SSSR count). The summed E-state index contributed by atoms with van der Waals surface area (Å²) >= 11 is 6.06. The van der Waals surface area contributed by atoms with Gasteiger partial charge in [-0.25, -0.2) is 4.79 Å². The van der Waals surface area contributed by atoms with E-state index in [0.29, 0.717) is 23.7 Å². The molecule has 5 nitrogen and oxygen atoms in total. The Balaban J connectivity index is 2.71. The number of methoxy groups -OCH3 is 1. The minimum atomic E-state index is -0.333. The van der Waals surface area contributed by atoms with Crippen LogP contribution < -0.4 is 10.6 Å². The second-order valence-corrected chi connectivity index (χ2v) is 4.62. The highest BCUT2D eigenvalue weighted by Gasteiger charge is 2.11. The van der Waals surface area contributed by atoms with Crippen molar-refractivity contribution in [2.75, 3.05) is 19.0 Å². The number of benzene rings is 1. The van der Waals surface area contributed by atoms with Crippen LogP contribution in [0.5, 0.6) is 0 Å². The lowest BCUT2D eigenvalue weighted by atomic mass is 10.2. The summed E-state index contributed by atoms with van der Waals surface area (Å²) in [6, 6.07) is 4.83. The van der Waals surface area contributed by atoms with Crippen LogP contribution in [0, 0.1) is 0 Å². The molecular formula is C13H19ClN2O3. The van der Waals surface area contributed by atoms with Crippen molar-refractivity contribution in [3.05, 3.63) is 28.8 Å². The summed E-state index contributed by atoms with van der Waals surface area (Å²) in [5, 5.41) is 14.8. The Kier molecular flexibility index (Phi) is 6.62. The number of hydrogen-bond donors (Lipinski definition) is 3. The molecule has 2 amide bonds. The van der Waals surface area contributed by atoms with E-state index in [0.717, 1.165) is 5.56 Å². The monoisotopic (exact) mass is 286 g/mol. The lowest BCUT2D eigenvalue weighted by molar-refractivity contribution is 0.185. The van der Waals surface area contributed by atoms with Gasteiger partial charge in [0.25, 0.3) is 0 Å². The van der Waals surface area contributed by atoms with Crippen molar-refractivity contribution >= 4 is 23.3 Å². The van der Waals surface area contributed by atoms with Crippen LogP contribution in [-0.4, -0.2) is 30.9 Å². The molecule has 0 bridgehead atoms. The van der Waals surface area contributed by atoms with Crippen LogP contribution in [0.25, 0.3) is 0 Å². The van der Waals surface area contributed by atoms with Gasteiger partial charge in [-0.3, -0.25) is 0 Å². The summed E-state index contributed by atoms with van der Waals surface area (Å²) in [5.74, 6) is 0. The zero-order chi connectivity index (χ0) is 14.3. The van der Waals surface area contributed by atoms with Crippen molar-refractivity contribution < 1.29 is 14.6 Å². The minimum absolute atomic E-state index is 0.0353. The van der Waals surface area contributed by atoms with E-state index < -0.39 is 0 Å². The number of anilines is 1. The third kappa shape index (κ3) is 5.06. The van der Waals surface area contributed by atoms with E-state index in [1.165, 1.54) is 0 Å². The Labute approximate surface area is 117 Å². The van der Waals surface area contributed by atoms with Gasteiger partial charge in [0.2, 0.25) is 0 Å². The van der Waals surface area contributed by atoms with Crippen molar-refractivity contribution in [2.24, 2.45) is 0 Å². The molecule has 0 fully saturated rings. The molecule has 0 spiro atoms. The average molecular weight is 287 g/mol. The highest BCUT2D eigenvalue weighted by atomic mass is 35.5. The fourth-order valence-corrected chi connectivity index (χ4v) is 1.84. The normalized spacial score (nSPS) is 12.0. The summed E-state index contributed by atoms with van der Waals surface area (Å²) in [4.78, 5) is 11.8. The first kappa shape index (κ1) is 15.8. The van der Waals surface area contributed by atoms with E-state index in [2.05, 4.69) is 10.6 Å². The zero-order valence-corrected chi connectivity index (χ0v) is 11.8. The Morgan fingerprint density at radius 1 is 1.53 bits per heavy atom. The molecule has 0 saturated carbocycles. The summed E-state index contributed by atoms with van der Waals surface area (Å²) in [7, 11) is 1.57. The van der Waals surface area contributed by atoms with Gasteiger partial charge in [0, 0.05) is 36.0 Å². The molecule has 1 aromatic rings. The summed E-state index contributed by atoms with van der Waals surface area (Å²) in [5.41, 5.74) is 1.35. The maximum Gasteiger partial charge on any atom is 0.319 e. The number of urea groups is 1. The lowest BCUT2D eigenvalue weighted by Gasteiger charge is -2.16. The van der Waals surface area contributed by atoms with Crippen LogP contribution in [0.4, 0.5) is 10.5 Å². The topological polar surface area (TPSA) is 70.6 Å². The predicted molar refractivity (Wildman–Crippen MR) is 75.5 cm³/mol. The van der Waals surface area contributed by atoms with E-state index in [1.807, 2.05) is 6.92 Å². The molecule has 0 unspecified atom stereocenters. The van der Waals surface area contributed by atoms with E-state index in [4.69, 9.17) is 21.4 Å². The van der Waals surface area contributed by atoms with Crippen LogP contribution >= 0.6 is 11.6 Å². The summed E-state index contributed by atoms with van der Waals surface area (Å²) in [6.07, 6.45) is 0.508. The quantitative estimate of drug-likeness (QED) is 0.752. The number of rotatable bonds is 6. The first-order chi connectivity index (χ1) is 9.08. The standard InChI is InChI=1S/C13H19ClN2O3/c1-9(6-7-17)15-13(18)16-12-5-3-4-11(14)10(12)8-19-2/h3-5,9,17H,6-8H2,1-2H3,(H2,15,16,18)/t9-/m1/s1. The SMILES string of the molecule is COCc1c(Cl)cccc1NC(=O)N[C@H](C)CCO. The fraction of sp³-hybridized carbons (Fsp3) is 0.462. The number of ether oxygens (including phenoxy) is 1. The smallest absolute Gasteiger partial charge is 0.319 e. The largest absolute Gasteiger partial charge is 0.396 e. The van der Waals surface area contributed by atoms with Crippen LogP contribution in [0.3, 0.4) is 0 Å². The van der Waals surface area contributed by atoms with Gasteiger partial charge in [-0.2, -0.15) is 0 Å². The van der Waals surface area contributed by atoms with Crippen molar-refractivity contribution in [1.82, 2.24) is 5.32 Å². The Bertz CT molecular complexity index is 426. The number of aliphatic hydroxyl groups is 1. The highest BCUT2D eigenvalue weighted by molar-refractivity contribution is 6.31. The molecule has 0 radical (unpaired) electrons. The van der Waals surface area contributed by atoms with Crippen molar-refractivity contribution in [2.45, 2.75) is 26.0 Å². The number of halogens is 1. The molecule has 0 aromatic heterocycles. The van der Waals surface area contributed by atoms with E-state index in [9.17, 15) is 4.79 Å². The third-order valence-electron chi connectivity index (χ3n) is 2.60. The van der Waals surface area contributed by atoms with Gasteiger partial charge in [-0.05, 0) is 25.5 Å². The Hall–Kier alpha value is -1.30. The van der Waals surface area contributed by atoms with Gasteiger partial charge < -0.3 is 20.5 Å². The molecule has 0 heterocycles. The van der Waals surface area contributed by atoms with Crippen molar-refractivity contribution in [1.29, 1.82) is 0 Å². The molecule has 0 aliphatic heterocycles. The van der Waals surface area contributed by atoms with Gasteiger partial charge >= 0.3 is 6.03 Å². The molecule has 106 valence electrons. The molecule has 0 saturated heterocycles. The molecule has 19 heavy (non-hydrogen) atoms. The molecular weight excluding hydrogens is 268 g/mol. The number of hydrogen-bond acceptors (Lipinski definition) is 3. The molecule has 3 N–H and O–H groups in total. The van der Waals surface area contributed by atoms with Gasteiger partial charge in [0.05, 0.1) is 6.61 Å². The number of nitrogens with one attached hydrogen (secondary N) is 2. The number of amides is 2. The molecule has 0 aliphatic carbocycles. The Morgan fingerprint density at radius 3 is 2.89 bits per heavy atom. The van der Waals surface area contributed by atoms with Gasteiger partial charge in [-0.15, -0.1) is 0 Å². The number of aliphatic hydroxyl groups excluding tert-OH is 1. The average Bonchev–Trinajstić information content (AvgIpc) is 2.33. The molecule has 1 aromatic carbocycles. The maximum absolute atomic E-state index is 11.8. The van der Waals surface area contributed by atoms with Gasteiger partial charge in [0.15, 0.2) is 0 Å². The van der Waals surface area contributed by atoms with Crippen LogP contribution in [0.2, 0.25) is 5.02 Å². The third-order valence-corrected chi connectivity index (χ3v) is 2.95. The highest BCUT2D eigenvalue weighted by Crippen LogP contribution is 2.25. The molecule has 6 heteroatoms. The number of carbonyl (C=O) groups excluding carboxylic acids is 1. The Morgan fingerprint density at radius 2 is 2.26 bits per heavy atom. The zero-order valence-electron chi connectivity index (χ0n) is 11.1. The van der Waals surface area contributed by atoms with Gasteiger partial charge in [-0.1, -0.05) is 17.7 Å². The van der Waals surface area contributed by atoms with Crippen LogP contribution in [0.1, 0.15) is 18.9 Å². The van der Waals surface area contributed by atoms with Gasteiger partial charge in [0.1, 0.15) is 0 Å². The van der Waals surface area contributed by atoms with Crippen LogP contribution in [-0.2, 0) is 11.3 Å². The summed E-state index contributed by atoms with van der Waals surface area (Å²) < 4.78 is 5.06. The first-order valence-electron chi connectivity index (χ1n) is 6.03. The van der Waals surface area contributed by atoms with Crippen molar-refractivity contribution in [3.63, 3.8) is 0 Å². The van der Waals surface area contributed by atoms with Crippen molar-refractivity contribution in [3.8, 4) is 0 Å².